The van der Waals surface area contributed by atoms with Gasteiger partial charge in [0, 0.05) is 31.4 Å². The average molecular weight is 257 g/mol. The predicted octanol–water partition coefficient (Wildman–Crippen LogP) is 2.84. The van der Waals surface area contributed by atoms with Crippen LogP contribution < -0.4 is 4.90 Å². The van der Waals surface area contributed by atoms with Crippen molar-refractivity contribution in [3.63, 3.8) is 0 Å². The van der Waals surface area contributed by atoms with Gasteiger partial charge in [-0.3, -0.25) is 4.90 Å². The lowest BCUT2D eigenvalue weighted by Crippen LogP contribution is -2.51. The van der Waals surface area contributed by atoms with Crippen molar-refractivity contribution in [1.82, 2.24) is 4.90 Å². The Morgan fingerprint density at radius 1 is 1.26 bits per heavy atom. The van der Waals surface area contributed by atoms with E-state index in [2.05, 4.69) is 61.0 Å². The monoisotopic (exact) mass is 257 g/mol. The molecule has 1 aromatic rings. The second-order valence-corrected chi connectivity index (χ2v) is 5.69. The molecule has 0 aliphatic carbocycles. The largest absolute Gasteiger partial charge is 0.369 e. The summed E-state index contributed by atoms with van der Waals surface area (Å²) >= 11 is 0. The molecule has 2 rings (SSSR count). The van der Waals surface area contributed by atoms with Crippen molar-refractivity contribution < 1.29 is 0 Å². The molecule has 1 heterocycles. The van der Waals surface area contributed by atoms with Gasteiger partial charge in [0.1, 0.15) is 0 Å². The molecule has 0 amide bonds. The Kier molecular flexibility index (Phi) is 4.44. The molecule has 1 aliphatic heterocycles. The summed E-state index contributed by atoms with van der Waals surface area (Å²) in [5, 5.41) is 8.90. The molecule has 0 radical (unpaired) electrons. The molecule has 1 fully saturated rings. The first-order chi connectivity index (χ1) is 9.11. The molecular formula is C16H23N3. The van der Waals surface area contributed by atoms with E-state index in [-0.39, 0.29) is 0 Å². The third-order valence-electron chi connectivity index (χ3n) is 4.03. The van der Waals surface area contributed by atoms with Gasteiger partial charge in [-0.15, -0.1) is 0 Å². The second-order valence-electron chi connectivity index (χ2n) is 5.69. The van der Waals surface area contributed by atoms with Gasteiger partial charge >= 0.3 is 0 Å². The molecule has 19 heavy (non-hydrogen) atoms. The standard InChI is InChI=1S/C16H23N3/c1-13(2)14-4-6-15(7-5-14)19-11-10-18(3)16(12-19)8-9-17/h4-7,13,16H,8,10-12H2,1-3H3. The second kappa shape index (κ2) is 6.08. The third kappa shape index (κ3) is 3.27. The lowest BCUT2D eigenvalue weighted by molar-refractivity contribution is 0.221. The molecule has 3 nitrogen and oxygen atoms in total. The number of anilines is 1. The van der Waals surface area contributed by atoms with Crippen molar-refractivity contribution in [2.75, 3.05) is 31.6 Å². The van der Waals surface area contributed by atoms with E-state index in [4.69, 9.17) is 5.26 Å². The Morgan fingerprint density at radius 2 is 1.95 bits per heavy atom. The SMILES string of the molecule is CC(C)c1ccc(N2CCN(C)C(CC#N)C2)cc1. The van der Waals surface area contributed by atoms with Crippen LogP contribution in [0, 0.1) is 11.3 Å². The zero-order valence-corrected chi connectivity index (χ0v) is 12.1. The maximum Gasteiger partial charge on any atom is 0.0638 e. The van der Waals surface area contributed by atoms with Gasteiger partial charge in [0.2, 0.25) is 0 Å². The highest BCUT2D eigenvalue weighted by Gasteiger charge is 2.24. The Labute approximate surface area is 116 Å². The molecule has 0 bridgehead atoms. The molecular weight excluding hydrogens is 234 g/mol. The maximum atomic E-state index is 8.90. The zero-order valence-electron chi connectivity index (χ0n) is 12.1. The number of benzene rings is 1. The fourth-order valence-corrected chi connectivity index (χ4v) is 2.58. The first-order valence-corrected chi connectivity index (χ1v) is 7.04. The summed E-state index contributed by atoms with van der Waals surface area (Å²) in [6, 6.07) is 11.5. The lowest BCUT2D eigenvalue weighted by Gasteiger charge is -2.39. The van der Waals surface area contributed by atoms with Gasteiger partial charge in [-0.25, -0.2) is 0 Å². The van der Waals surface area contributed by atoms with Crippen LogP contribution in [0.4, 0.5) is 5.69 Å². The topological polar surface area (TPSA) is 30.3 Å². The summed E-state index contributed by atoms with van der Waals surface area (Å²) < 4.78 is 0. The Hall–Kier alpha value is -1.53. The molecule has 102 valence electrons. The number of piperazine rings is 1. The summed E-state index contributed by atoms with van der Waals surface area (Å²) in [6.07, 6.45) is 0.608. The van der Waals surface area contributed by atoms with Gasteiger partial charge in [-0.1, -0.05) is 26.0 Å². The molecule has 0 aromatic heterocycles. The van der Waals surface area contributed by atoms with Crippen molar-refractivity contribution in [3.8, 4) is 6.07 Å². The fourth-order valence-electron chi connectivity index (χ4n) is 2.58. The zero-order chi connectivity index (χ0) is 13.8. The number of hydrogen-bond acceptors (Lipinski definition) is 3. The highest BCUT2D eigenvalue weighted by Crippen LogP contribution is 2.22. The smallest absolute Gasteiger partial charge is 0.0638 e. The van der Waals surface area contributed by atoms with Crippen molar-refractivity contribution in [3.05, 3.63) is 29.8 Å². The van der Waals surface area contributed by atoms with E-state index in [0.29, 0.717) is 18.4 Å². The summed E-state index contributed by atoms with van der Waals surface area (Å²) in [5.74, 6) is 0.577. The van der Waals surface area contributed by atoms with Gasteiger partial charge < -0.3 is 4.90 Å². The fraction of sp³-hybridized carbons (Fsp3) is 0.562. The first-order valence-electron chi connectivity index (χ1n) is 7.04. The van der Waals surface area contributed by atoms with Crippen LogP contribution in [-0.2, 0) is 0 Å². The van der Waals surface area contributed by atoms with Crippen molar-refractivity contribution in [1.29, 1.82) is 5.26 Å². The van der Waals surface area contributed by atoms with Crippen LogP contribution in [0.3, 0.4) is 0 Å². The minimum Gasteiger partial charge on any atom is -0.369 e. The van der Waals surface area contributed by atoms with Crippen molar-refractivity contribution in [2.24, 2.45) is 0 Å². The first kappa shape index (κ1) is 13.9. The minimum absolute atomic E-state index is 0.350. The molecule has 1 aromatic carbocycles. The van der Waals surface area contributed by atoms with Gasteiger partial charge in [0.25, 0.3) is 0 Å². The summed E-state index contributed by atoms with van der Waals surface area (Å²) in [7, 11) is 2.11. The van der Waals surface area contributed by atoms with Crippen LogP contribution in [-0.4, -0.2) is 37.6 Å². The Balaban J connectivity index is 2.07. The minimum atomic E-state index is 0.350. The summed E-state index contributed by atoms with van der Waals surface area (Å²) in [5.41, 5.74) is 2.66. The summed E-state index contributed by atoms with van der Waals surface area (Å²) in [6.45, 7) is 7.45. The molecule has 1 aliphatic rings. The molecule has 3 heteroatoms. The van der Waals surface area contributed by atoms with Gasteiger partial charge in [0.15, 0.2) is 0 Å². The van der Waals surface area contributed by atoms with E-state index >= 15 is 0 Å². The van der Waals surface area contributed by atoms with Crippen molar-refractivity contribution in [2.45, 2.75) is 32.2 Å². The normalized spacial score (nSPS) is 20.6. The molecule has 1 saturated heterocycles. The Morgan fingerprint density at radius 3 is 2.53 bits per heavy atom. The van der Waals surface area contributed by atoms with Crippen LogP contribution in [0.5, 0.6) is 0 Å². The van der Waals surface area contributed by atoms with Gasteiger partial charge in [-0.2, -0.15) is 5.26 Å². The number of nitriles is 1. The van der Waals surface area contributed by atoms with E-state index in [1.807, 2.05) is 0 Å². The van der Waals surface area contributed by atoms with Crippen LogP contribution in [0.1, 0.15) is 31.7 Å². The van der Waals surface area contributed by atoms with E-state index in [0.717, 1.165) is 19.6 Å². The molecule has 0 spiro atoms. The Bertz CT molecular complexity index is 444. The average Bonchev–Trinajstić information content (AvgIpc) is 2.41. The molecule has 0 N–H and O–H groups in total. The number of rotatable bonds is 3. The van der Waals surface area contributed by atoms with E-state index in [1.54, 1.807) is 0 Å². The van der Waals surface area contributed by atoms with E-state index in [9.17, 15) is 0 Å². The summed E-state index contributed by atoms with van der Waals surface area (Å²) in [4.78, 5) is 4.69. The third-order valence-corrected chi connectivity index (χ3v) is 4.03. The van der Waals surface area contributed by atoms with Crippen LogP contribution in [0.2, 0.25) is 0 Å². The van der Waals surface area contributed by atoms with Crippen molar-refractivity contribution >= 4 is 5.69 Å². The molecule has 1 unspecified atom stereocenters. The van der Waals surface area contributed by atoms with E-state index in [1.165, 1.54) is 11.3 Å². The van der Waals surface area contributed by atoms with Crippen LogP contribution >= 0.6 is 0 Å². The quantitative estimate of drug-likeness (QED) is 0.834. The van der Waals surface area contributed by atoms with Gasteiger partial charge in [-0.05, 0) is 30.7 Å². The number of nitrogens with zero attached hydrogens (tertiary/aromatic N) is 3. The highest BCUT2D eigenvalue weighted by atomic mass is 15.3. The lowest BCUT2D eigenvalue weighted by atomic mass is 10.0. The highest BCUT2D eigenvalue weighted by molar-refractivity contribution is 5.48. The molecule has 0 saturated carbocycles. The van der Waals surface area contributed by atoms with Crippen LogP contribution in [0.25, 0.3) is 0 Å². The predicted molar refractivity (Wildman–Crippen MR) is 79.4 cm³/mol. The number of hydrogen-bond donors (Lipinski definition) is 0. The molecule has 1 atom stereocenters. The van der Waals surface area contributed by atoms with E-state index < -0.39 is 0 Å². The number of likely N-dealkylation sites (N-methyl/N-ethyl adjacent to an activating group) is 1. The van der Waals surface area contributed by atoms with Gasteiger partial charge in [0.05, 0.1) is 12.5 Å². The van der Waals surface area contributed by atoms with Crippen LogP contribution in [0.15, 0.2) is 24.3 Å². The maximum absolute atomic E-state index is 8.90.